The summed E-state index contributed by atoms with van der Waals surface area (Å²) in [5.74, 6) is -0.595. The van der Waals surface area contributed by atoms with Gasteiger partial charge in [-0.05, 0) is 23.8 Å². The molecule has 0 radical (unpaired) electrons. The fraction of sp³-hybridized carbons (Fsp3) is 0.143. The van der Waals surface area contributed by atoms with Gasteiger partial charge in [-0.2, -0.15) is 13.2 Å². The number of alkyl halides is 3. The van der Waals surface area contributed by atoms with Crippen molar-refractivity contribution in [2.75, 3.05) is 12.3 Å². The van der Waals surface area contributed by atoms with Crippen LogP contribution in [0.2, 0.25) is 0 Å². The third kappa shape index (κ3) is 3.40. The second-order valence-electron chi connectivity index (χ2n) is 4.14. The first-order chi connectivity index (χ1) is 9.37. The Morgan fingerprint density at radius 3 is 2.40 bits per heavy atom. The lowest BCUT2D eigenvalue weighted by atomic mass is 10.0. The van der Waals surface area contributed by atoms with Crippen LogP contribution < -0.4 is 10.5 Å². The maximum absolute atomic E-state index is 13.2. The number of nitrogens with two attached hydrogens (primary N) is 1. The van der Waals surface area contributed by atoms with Gasteiger partial charge in [-0.3, -0.25) is 0 Å². The fourth-order valence-corrected chi connectivity index (χ4v) is 1.75. The molecule has 6 heteroatoms. The molecule has 2 aromatic carbocycles. The molecule has 0 aliphatic rings. The van der Waals surface area contributed by atoms with Crippen LogP contribution >= 0.6 is 0 Å². The number of benzene rings is 2. The second kappa shape index (κ2) is 5.40. The number of hydrogen-bond acceptors (Lipinski definition) is 2. The minimum absolute atomic E-state index is 0.0658. The number of hydrogen-bond donors (Lipinski definition) is 1. The van der Waals surface area contributed by atoms with E-state index in [1.165, 1.54) is 30.3 Å². The molecule has 0 atom stereocenters. The molecule has 0 aromatic heterocycles. The second-order valence-corrected chi connectivity index (χ2v) is 4.14. The smallest absolute Gasteiger partial charge is 0.422 e. The summed E-state index contributed by atoms with van der Waals surface area (Å²) in [5.41, 5.74) is 6.42. The SMILES string of the molecule is Nc1cccc(-c2cccc(F)c2)c1OCC(F)(F)F. The van der Waals surface area contributed by atoms with Gasteiger partial charge in [0.2, 0.25) is 0 Å². The third-order valence-corrected chi connectivity index (χ3v) is 2.56. The van der Waals surface area contributed by atoms with Crippen LogP contribution in [0.4, 0.5) is 23.2 Å². The lowest BCUT2D eigenvalue weighted by molar-refractivity contribution is -0.153. The molecule has 0 fully saturated rings. The van der Waals surface area contributed by atoms with Gasteiger partial charge in [0.25, 0.3) is 0 Å². The van der Waals surface area contributed by atoms with E-state index in [4.69, 9.17) is 10.5 Å². The van der Waals surface area contributed by atoms with Crippen LogP contribution in [0.5, 0.6) is 5.75 Å². The minimum Gasteiger partial charge on any atom is -0.481 e. The molecule has 0 amide bonds. The highest BCUT2D eigenvalue weighted by Gasteiger charge is 2.29. The van der Waals surface area contributed by atoms with E-state index in [-0.39, 0.29) is 11.4 Å². The Kier molecular flexibility index (Phi) is 3.83. The van der Waals surface area contributed by atoms with E-state index in [0.717, 1.165) is 0 Å². The van der Waals surface area contributed by atoms with Crippen LogP contribution in [0, 0.1) is 5.82 Å². The van der Waals surface area contributed by atoms with Crippen molar-refractivity contribution < 1.29 is 22.3 Å². The zero-order valence-corrected chi connectivity index (χ0v) is 10.2. The molecule has 106 valence electrons. The molecule has 0 heterocycles. The number of halogens is 4. The van der Waals surface area contributed by atoms with Crippen LogP contribution in [-0.4, -0.2) is 12.8 Å². The third-order valence-electron chi connectivity index (χ3n) is 2.56. The standard InChI is InChI=1S/C14H11F4NO/c15-10-4-1-3-9(7-10)11-5-2-6-12(19)13(11)20-8-14(16,17)18/h1-7H,8,19H2. The lowest BCUT2D eigenvalue weighted by Crippen LogP contribution is -2.20. The van der Waals surface area contributed by atoms with Gasteiger partial charge in [0, 0.05) is 5.56 Å². The van der Waals surface area contributed by atoms with Crippen molar-refractivity contribution in [1.82, 2.24) is 0 Å². The first-order valence-corrected chi connectivity index (χ1v) is 5.71. The Labute approximate surface area is 112 Å². The van der Waals surface area contributed by atoms with Crippen molar-refractivity contribution >= 4 is 5.69 Å². The molecule has 0 spiro atoms. The molecule has 0 aliphatic heterocycles. The number of nitrogen functional groups attached to an aromatic ring is 1. The van der Waals surface area contributed by atoms with E-state index in [1.54, 1.807) is 12.1 Å². The van der Waals surface area contributed by atoms with Gasteiger partial charge in [0.05, 0.1) is 5.69 Å². The van der Waals surface area contributed by atoms with Crippen molar-refractivity contribution in [1.29, 1.82) is 0 Å². The molecule has 0 saturated heterocycles. The molecular weight excluding hydrogens is 274 g/mol. The monoisotopic (exact) mass is 285 g/mol. The topological polar surface area (TPSA) is 35.2 Å². The van der Waals surface area contributed by atoms with E-state index in [1.807, 2.05) is 0 Å². The summed E-state index contributed by atoms with van der Waals surface area (Å²) in [5, 5.41) is 0. The van der Waals surface area contributed by atoms with Gasteiger partial charge in [-0.15, -0.1) is 0 Å². The number of para-hydroxylation sites is 1. The van der Waals surface area contributed by atoms with Crippen molar-refractivity contribution in [3.05, 3.63) is 48.3 Å². The molecule has 2 nitrogen and oxygen atoms in total. The Morgan fingerprint density at radius 2 is 1.75 bits per heavy atom. The summed E-state index contributed by atoms with van der Waals surface area (Å²) in [6, 6.07) is 9.99. The molecule has 2 aromatic rings. The largest absolute Gasteiger partial charge is 0.481 e. The Bertz CT molecular complexity index is 610. The summed E-state index contributed by atoms with van der Waals surface area (Å²) in [7, 11) is 0. The molecule has 20 heavy (non-hydrogen) atoms. The highest BCUT2D eigenvalue weighted by molar-refractivity contribution is 5.77. The fourth-order valence-electron chi connectivity index (χ4n) is 1.75. The zero-order valence-electron chi connectivity index (χ0n) is 10.2. The van der Waals surface area contributed by atoms with Crippen LogP contribution in [0.15, 0.2) is 42.5 Å². The zero-order chi connectivity index (χ0) is 14.8. The minimum atomic E-state index is -4.47. The summed E-state index contributed by atoms with van der Waals surface area (Å²) in [4.78, 5) is 0. The summed E-state index contributed by atoms with van der Waals surface area (Å²) in [6.07, 6.45) is -4.47. The summed E-state index contributed by atoms with van der Waals surface area (Å²) < 4.78 is 54.7. The van der Waals surface area contributed by atoms with Crippen molar-refractivity contribution in [3.8, 4) is 16.9 Å². The van der Waals surface area contributed by atoms with Crippen LogP contribution in [0.1, 0.15) is 0 Å². The number of anilines is 1. The average molecular weight is 285 g/mol. The molecule has 0 saturated carbocycles. The molecule has 2 rings (SSSR count). The van der Waals surface area contributed by atoms with Crippen molar-refractivity contribution in [3.63, 3.8) is 0 Å². The predicted molar refractivity (Wildman–Crippen MR) is 67.8 cm³/mol. The molecule has 0 bridgehead atoms. The Morgan fingerprint density at radius 1 is 1.05 bits per heavy atom. The van der Waals surface area contributed by atoms with Crippen LogP contribution in [0.25, 0.3) is 11.1 Å². The van der Waals surface area contributed by atoms with Gasteiger partial charge in [-0.25, -0.2) is 4.39 Å². The maximum atomic E-state index is 13.2. The van der Waals surface area contributed by atoms with Crippen molar-refractivity contribution in [2.24, 2.45) is 0 Å². The maximum Gasteiger partial charge on any atom is 0.422 e. The van der Waals surface area contributed by atoms with E-state index >= 15 is 0 Å². The summed E-state index contributed by atoms with van der Waals surface area (Å²) >= 11 is 0. The first-order valence-electron chi connectivity index (χ1n) is 5.71. The predicted octanol–water partition coefficient (Wildman–Crippen LogP) is 4.02. The molecular formula is C14H11F4NO. The van der Waals surface area contributed by atoms with Gasteiger partial charge >= 0.3 is 6.18 Å². The number of ether oxygens (including phenoxy) is 1. The molecule has 0 aliphatic carbocycles. The van der Waals surface area contributed by atoms with Crippen LogP contribution in [-0.2, 0) is 0 Å². The average Bonchev–Trinajstić information content (AvgIpc) is 2.36. The van der Waals surface area contributed by atoms with E-state index in [2.05, 4.69) is 0 Å². The Hall–Kier alpha value is -2.24. The van der Waals surface area contributed by atoms with Gasteiger partial charge in [-0.1, -0.05) is 24.3 Å². The highest BCUT2D eigenvalue weighted by atomic mass is 19.4. The van der Waals surface area contributed by atoms with Gasteiger partial charge < -0.3 is 10.5 Å². The van der Waals surface area contributed by atoms with E-state index in [0.29, 0.717) is 11.1 Å². The Balaban J connectivity index is 2.41. The van der Waals surface area contributed by atoms with E-state index < -0.39 is 18.6 Å². The molecule has 0 unspecified atom stereocenters. The van der Waals surface area contributed by atoms with Crippen LogP contribution in [0.3, 0.4) is 0 Å². The quantitative estimate of drug-likeness (QED) is 0.683. The van der Waals surface area contributed by atoms with Gasteiger partial charge in [0.15, 0.2) is 6.61 Å². The number of rotatable bonds is 3. The first kappa shape index (κ1) is 14.2. The van der Waals surface area contributed by atoms with E-state index in [9.17, 15) is 17.6 Å². The highest BCUT2D eigenvalue weighted by Crippen LogP contribution is 2.36. The lowest BCUT2D eigenvalue weighted by Gasteiger charge is -2.15. The normalized spacial score (nSPS) is 11.4. The van der Waals surface area contributed by atoms with Gasteiger partial charge in [0.1, 0.15) is 11.6 Å². The van der Waals surface area contributed by atoms with Crippen molar-refractivity contribution in [2.45, 2.75) is 6.18 Å². The summed E-state index contributed by atoms with van der Waals surface area (Å²) in [6.45, 7) is -1.45. The molecule has 2 N–H and O–H groups in total.